The summed E-state index contributed by atoms with van der Waals surface area (Å²) in [5, 5.41) is 3.45. The molecule has 4 amide bonds. The summed E-state index contributed by atoms with van der Waals surface area (Å²) in [5.74, 6) is -0.390. The summed E-state index contributed by atoms with van der Waals surface area (Å²) in [6, 6.07) is 19.9. The van der Waals surface area contributed by atoms with Gasteiger partial charge < -0.3 is 24.8 Å². The quantitative estimate of drug-likeness (QED) is 0.361. The topological polar surface area (TPSA) is 82.2 Å². The maximum Gasteiger partial charge on any atom is 0.320 e. The van der Waals surface area contributed by atoms with Gasteiger partial charge in [-0.15, -0.1) is 0 Å². The summed E-state index contributed by atoms with van der Waals surface area (Å²) < 4.78 is 6.75. The molecule has 0 aliphatic carbocycles. The van der Waals surface area contributed by atoms with Crippen LogP contribution in [-0.4, -0.2) is 65.8 Å². The van der Waals surface area contributed by atoms with E-state index in [2.05, 4.69) is 21.2 Å². The molecule has 0 radical (unpaired) electrons. The van der Waals surface area contributed by atoms with Crippen molar-refractivity contribution in [3.8, 4) is 11.5 Å². The molecule has 1 aliphatic rings. The van der Waals surface area contributed by atoms with Gasteiger partial charge in [0.2, 0.25) is 0 Å². The van der Waals surface area contributed by atoms with Crippen molar-refractivity contribution >= 4 is 57.0 Å². The number of hydrogen-bond donors (Lipinski definition) is 1. The van der Waals surface area contributed by atoms with Crippen molar-refractivity contribution in [2.24, 2.45) is 0 Å². The highest BCUT2D eigenvalue weighted by molar-refractivity contribution is 9.10. The summed E-state index contributed by atoms with van der Waals surface area (Å²) in [6.45, 7) is 1.84. The largest absolute Gasteiger partial charge is 0.457 e. The molecule has 1 heterocycles. The number of amides is 4. The van der Waals surface area contributed by atoms with Crippen molar-refractivity contribution in [2.75, 3.05) is 33.2 Å². The van der Waals surface area contributed by atoms with Crippen LogP contribution in [0.2, 0.25) is 10.0 Å². The molecule has 3 aromatic rings. The molecule has 0 bridgehead atoms. The molecule has 0 spiro atoms. The number of nitrogens with one attached hydrogen (secondary N) is 1. The lowest BCUT2D eigenvalue weighted by atomic mass is 10.2. The molecule has 1 aliphatic heterocycles. The average Bonchev–Trinajstić information content (AvgIpc) is 2.94. The van der Waals surface area contributed by atoms with E-state index in [0.29, 0.717) is 46.7 Å². The molecular formula is C28H27BrCl2N4O4. The molecule has 0 unspecified atom stereocenters. The van der Waals surface area contributed by atoms with Gasteiger partial charge in [0, 0.05) is 62.4 Å². The minimum absolute atomic E-state index is 0.0806. The monoisotopic (exact) mass is 632 g/mol. The number of carbonyl (C=O) groups excluding carboxylic acids is 3. The molecule has 0 saturated carbocycles. The van der Waals surface area contributed by atoms with E-state index >= 15 is 0 Å². The van der Waals surface area contributed by atoms with Crippen molar-refractivity contribution in [2.45, 2.75) is 13.1 Å². The first-order chi connectivity index (χ1) is 18.7. The molecule has 1 saturated heterocycles. The van der Waals surface area contributed by atoms with Crippen molar-refractivity contribution in [3.63, 3.8) is 0 Å². The molecule has 8 nitrogen and oxygen atoms in total. The number of benzene rings is 3. The standard InChI is InChI=1S/C28H27BrCl2N4O4/c1-33(18-19-5-3-2-4-6-19)28(38)35-13-11-34(12-14-35)27(37)26(36)32-17-20-7-8-21(29)15-25(20)39-22-9-10-23(30)24(31)16-22/h2-10,15-16H,11-14,17-18H2,1H3,(H,32,36). The van der Waals surface area contributed by atoms with Gasteiger partial charge in [-0.05, 0) is 29.8 Å². The Morgan fingerprint density at radius 3 is 2.31 bits per heavy atom. The number of nitrogens with zero attached hydrogens (tertiary/aromatic N) is 3. The second kappa shape index (κ2) is 13.2. The molecule has 11 heteroatoms. The zero-order valence-electron chi connectivity index (χ0n) is 21.2. The average molecular weight is 634 g/mol. The minimum Gasteiger partial charge on any atom is -0.457 e. The first kappa shape index (κ1) is 28.7. The fraction of sp³-hybridized carbons (Fsp3) is 0.250. The normalized spacial score (nSPS) is 13.1. The van der Waals surface area contributed by atoms with Gasteiger partial charge in [-0.1, -0.05) is 75.5 Å². The Morgan fingerprint density at radius 1 is 0.923 bits per heavy atom. The van der Waals surface area contributed by atoms with Crippen LogP contribution in [0, 0.1) is 0 Å². The van der Waals surface area contributed by atoms with E-state index in [0.717, 1.165) is 10.0 Å². The predicted octanol–water partition coefficient (Wildman–Crippen LogP) is 5.56. The number of piperazine rings is 1. The lowest BCUT2D eigenvalue weighted by Crippen LogP contribution is -2.55. The highest BCUT2D eigenvalue weighted by Crippen LogP contribution is 2.32. The third kappa shape index (κ3) is 7.65. The maximum absolute atomic E-state index is 12.8. The van der Waals surface area contributed by atoms with Crippen molar-refractivity contribution in [3.05, 3.63) is 92.4 Å². The molecule has 39 heavy (non-hydrogen) atoms. The van der Waals surface area contributed by atoms with Crippen LogP contribution in [0.5, 0.6) is 11.5 Å². The first-order valence-electron chi connectivity index (χ1n) is 12.2. The second-order valence-electron chi connectivity index (χ2n) is 9.02. The number of ether oxygens (including phenoxy) is 1. The van der Waals surface area contributed by atoms with Crippen molar-refractivity contribution < 1.29 is 19.1 Å². The van der Waals surface area contributed by atoms with Crippen LogP contribution in [0.15, 0.2) is 71.2 Å². The lowest BCUT2D eigenvalue weighted by molar-refractivity contribution is -0.146. The summed E-state index contributed by atoms with van der Waals surface area (Å²) in [4.78, 5) is 43.1. The molecule has 3 aromatic carbocycles. The maximum atomic E-state index is 12.8. The molecule has 204 valence electrons. The summed E-state index contributed by atoms with van der Waals surface area (Å²) in [7, 11) is 1.75. The van der Waals surface area contributed by atoms with E-state index in [-0.39, 0.29) is 25.7 Å². The van der Waals surface area contributed by atoms with Crippen LogP contribution in [0.4, 0.5) is 4.79 Å². The molecule has 1 fully saturated rings. The number of urea groups is 1. The van der Waals surface area contributed by atoms with E-state index in [9.17, 15) is 14.4 Å². The van der Waals surface area contributed by atoms with Gasteiger partial charge in [-0.3, -0.25) is 9.59 Å². The van der Waals surface area contributed by atoms with Crippen LogP contribution in [0.25, 0.3) is 0 Å². The summed E-state index contributed by atoms with van der Waals surface area (Å²) in [6.07, 6.45) is 0. The predicted molar refractivity (Wildman–Crippen MR) is 154 cm³/mol. The Balaban J connectivity index is 1.29. The van der Waals surface area contributed by atoms with Crippen LogP contribution >= 0.6 is 39.1 Å². The SMILES string of the molecule is CN(Cc1ccccc1)C(=O)N1CCN(C(=O)C(=O)NCc2ccc(Br)cc2Oc2ccc(Cl)c(Cl)c2)CC1. The fourth-order valence-corrected chi connectivity index (χ4v) is 4.73. The van der Waals surface area contributed by atoms with Gasteiger partial charge in [0.05, 0.1) is 10.0 Å². The molecule has 1 N–H and O–H groups in total. The highest BCUT2D eigenvalue weighted by atomic mass is 79.9. The van der Waals surface area contributed by atoms with Gasteiger partial charge in [0.25, 0.3) is 0 Å². The minimum atomic E-state index is -0.723. The zero-order chi connectivity index (χ0) is 27.9. The van der Waals surface area contributed by atoms with Crippen LogP contribution in [0.1, 0.15) is 11.1 Å². The van der Waals surface area contributed by atoms with E-state index < -0.39 is 11.8 Å². The summed E-state index contributed by atoms with van der Waals surface area (Å²) in [5.41, 5.74) is 1.71. The summed E-state index contributed by atoms with van der Waals surface area (Å²) >= 11 is 15.5. The van der Waals surface area contributed by atoms with Crippen LogP contribution < -0.4 is 10.1 Å². The van der Waals surface area contributed by atoms with Gasteiger partial charge >= 0.3 is 17.8 Å². The number of carbonyl (C=O) groups is 3. The Labute approximate surface area is 245 Å². The smallest absolute Gasteiger partial charge is 0.320 e. The van der Waals surface area contributed by atoms with Crippen LogP contribution in [0.3, 0.4) is 0 Å². The Morgan fingerprint density at radius 2 is 1.62 bits per heavy atom. The van der Waals surface area contributed by atoms with Gasteiger partial charge in [-0.25, -0.2) is 4.79 Å². The van der Waals surface area contributed by atoms with Gasteiger partial charge in [0.15, 0.2) is 0 Å². The number of hydrogen-bond acceptors (Lipinski definition) is 4. The fourth-order valence-electron chi connectivity index (χ4n) is 4.10. The van der Waals surface area contributed by atoms with Crippen molar-refractivity contribution in [1.82, 2.24) is 20.0 Å². The number of halogens is 3. The lowest BCUT2D eigenvalue weighted by Gasteiger charge is -2.36. The van der Waals surface area contributed by atoms with Gasteiger partial charge in [0.1, 0.15) is 11.5 Å². The molecule has 0 atom stereocenters. The van der Waals surface area contributed by atoms with Crippen molar-refractivity contribution in [1.29, 1.82) is 0 Å². The van der Waals surface area contributed by atoms with E-state index in [1.807, 2.05) is 36.4 Å². The molecular weight excluding hydrogens is 607 g/mol. The second-order valence-corrected chi connectivity index (χ2v) is 10.7. The Kier molecular flexibility index (Phi) is 9.72. The van der Waals surface area contributed by atoms with Gasteiger partial charge in [-0.2, -0.15) is 0 Å². The first-order valence-corrected chi connectivity index (χ1v) is 13.8. The third-order valence-electron chi connectivity index (χ3n) is 6.21. The Hall–Kier alpha value is -3.27. The van der Waals surface area contributed by atoms with E-state index in [1.54, 1.807) is 47.2 Å². The van der Waals surface area contributed by atoms with Crippen LogP contribution in [-0.2, 0) is 22.7 Å². The molecule has 0 aromatic heterocycles. The number of rotatable bonds is 6. The highest BCUT2D eigenvalue weighted by Gasteiger charge is 2.29. The zero-order valence-corrected chi connectivity index (χ0v) is 24.3. The molecule has 4 rings (SSSR count). The third-order valence-corrected chi connectivity index (χ3v) is 7.44. The van der Waals surface area contributed by atoms with E-state index in [1.165, 1.54) is 4.90 Å². The van der Waals surface area contributed by atoms with E-state index in [4.69, 9.17) is 27.9 Å². The Bertz CT molecular complexity index is 1350.